The molecule has 0 bridgehead atoms. The van der Waals surface area contributed by atoms with Crippen LogP contribution in [0.1, 0.15) is 0 Å². The minimum atomic E-state index is -4.91. The fraction of sp³-hybridized carbons (Fsp3) is 0.143. The van der Waals surface area contributed by atoms with Crippen molar-refractivity contribution >= 4 is 15.8 Å². The summed E-state index contributed by atoms with van der Waals surface area (Å²) in [7, 11) is -4.32. The van der Waals surface area contributed by atoms with Crippen molar-refractivity contribution in [2.24, 2.45) is 0 Å². The summed E-state index contributed by atoms with van der Waals surface area (Å²) in [6, 6.07) is 0. The maximum Gasteiger partial charge on any atom is 0.302 e. The van der Waals surface area contributed by atoms with Crippen molar-refractivity contribution in [3.05, 3.63) is 23.3 Å². The highest BCUT2D eigenvalue weighted by Gasteiger charge is 2.32. The molecule has 0 spiro atoms. The normalized spacial score (nSPS) is 11.8. The molecule has 0 saturated carbocycles. The quantitative estimate of drug-likeness (QED) is 0.374. The van der Waals surface area contributed by atoms with Gasteiger partial charge in [0.05, 0.1) is 7.11 Å². The van der Waals surface area contributed by atoms with E-state index in [0.29, 0.717) is 7.11 Å². The van der Waals surface area contributed by atoms with Crippen molar-refractivity contribution in [2.75, 3.05) is 12.8 Å². The Hall–Kier alpha value is -1.35. The third-order valence-electron chi connectivity index (χ3n) is 1.73. The molecule has 0 saturated heterocycles. The molecule has 1 aromatic rings. The van der Waals surface area contributed by atoms with E-state index in [-0.39, 0.29) is 0 Å². The molecule has 0 aliphatic carbocycles. The Morgan fingerprint density at radius 1 is 1.00 bits per heavy atom. The van der Waals surface area contributed by atoms with Crippen LogP contribution in [0.2, 0.25) is 0 Å². The number of halogens is 4. The number of anilines is 1. The Balaban J connectivity index is 3.79. The summed E-state index contributed by atoms with van der Waals surface area (Å²) in [5.41, 5.74) is 3.23. The van der Waals surface area contributed by atoms with Crippen molar-refractivity contribution in [1.82, 2.24) is 0 Å². The van der Waals surface area contributed by atoms with Gasteiger partial charge in [-0.2, -0.15) is 8.42 Å². The molecule has 1 aromatic carbocycles. The molecule has 0 atom stereocenters. The largest absolute Gasteiger partial charge is 0.394 e. The summed E-state index contributed by atoms with van der Waals surface area (Å²) in [5.74, 6) is -8.24. The summed E-state index contributed by atoms with van der Waals surface area (Å²) in [6.45, 7) is 0. The van der Waals surface area contributed by atoms with E-state index in [2.05, 4.69) is 9.92 Å². The predicted octanol–water partition coefficient (Wildman–Crippen LogP) is 1.16. The number of rotatable bonds is 2. The molecule has 0 radical (unpaired) electrons. The first-order chi connectivity index (χ1) is 7.24. The Bertz CT molecular complexity index is 514. The van der Waals surface area contributed by atoms with Crippen LogP contribution < -0.4 is 5.73 Å². The first kappa shape index (κ1) is 12.7. The van der Waals surface area contributed by atoms with Crippen molar-refractivity contribution in [1.29, 1.82) is 0 Å². The van der Waals surface area contributed by atoms with Gasteiger partial charge in [-0.15, -0.1) is 0 Å². The zero-order valence-corrected chi connectivity index (χ0v) is 8.54. The SMILES string of the molecule is COS(=O)(=O)c1c(F)c(F)c(N)c(F)c1F. The van der Waals surface area contributed by atoms with Crippen LogP contribution in [0.3, 0.4) is 0 Å². The van der Waals surface area contributed by atoms with Gasteiger partial charge in [-0.05, 0) is 0 Å². The highest BCUT2D eigenvalue weighted by atomic mass is 32.2. The maximum atomic E-state index is 13.1. The highest BCUT2D eigenvalue weighted by Crippen LogP contribution is 2.29. The van der Waals surface area contributed by atoms with E-state index < -0.39 is 44.0 Å². The molecule has 0 aliphatic heterocycles. The Morgan fingerprint density at radius 3 is 1.69 bits per heavy atom. The Morgan fingerprint density at radius 2 is 1.38 bits per heavy atom. The fourth-order valence-corrected chi connectivity index (χ4v) is 1.72. The molecule has 2 N–H and O–H groups in total. The van der Waals surface area contributed by atoms with Crippen LogP contribution in [-0.4, -0.2) is 15.5 Å². The van der Waals surface area contributed by atoms with Gasteiger partial charge in [0.2, 0.25) is 0 Å². The molecule has 0 heterocycles. The summed E-state index contributed by atoms with van der Waals surface area (Å²) in [6.07, 6.45) is 0. The van der Waals surface area contributed by atoms with Crippen LogP contribution in [0.25, 0.3) is 0 Å². The van der Waals surface area contributed by atoms with Crippen LogP contribution >= 0.6 is 0 Å². The highest BCUT2D eigenvalue weighted by molar-refractivity contribution is 7.86. The molecule has 0 fully saturated rings. The molecule has 90 valence electrons. The lowest BCUT2D eigenvalue weighted by Gasteiger charge is -2.08. The molecular weight excluding hydrogens is 254 g/mol. The van der Waals surface area contributed by atoms with Gasteiger partial charge < -0.3 is 5.73 Å². The summed E-state index contributed by atoms with van der Waals surface area (Å²) in [5, 5.41) is 0. The molecule has 1 rings (SSSR count). The van der Waals surface area contributed by atoms with Crippen molar-refractivity contribution in [2.45, 2.75) is 4.90 Å². The second-order valence-corrected chi connectivity index (χ2v) is 4.27. The number of nitrogen functional groups attached to an aromatic ring is 1. The number of hydrogen-bond donors (Lipinski definition) is 1. The third-order valence-corrected chi connectivity index (χ3v) is 3.02. The minimum absolute atomic E-state index is 0.584. The van der Waals surface area contributed by atoms with Gasteiger partial charge in [0.1, 0.15) is 5.69 Å². The van der Waals surface area contributed by atoms with Crippen LogP contribution in [0.15, 0.2) is 4.90 Å². The zero-order valence-electron chi connectivity index (χ0n) is 7.72. The summed E-state index contributed by atoms with van der Waals surface area (Å²) < 4.78 is 77.6. The fourth-order valence-electron chi connectivity index (χ4n) is 0.931. The lowest BCUT2D eigenvalue weighted by Crippen LogP contribution is -2.14. The van der Waals surface area contributed by atoms with Gasteiger partial charge in [0.15, 0.2) is 28.2 Å². The molecule has 0 unspecified atom stereocenters. The predicted molar refractivity (Wildman–Crippen MR) is 44.9 cm³/mol. The molecular formula is C7H5F4NO3S. The molecule has 9 heteroatoms. The van der Waals surface area contributed by atoms with Gasteiger partial charge in [-0.25, -0.2) is 17.6 Å². The van der Waals surface area contributed by atoms with E-state index in [9.17, 15) is 26.0 Å². The second kappa shape index (κ2) is 3.91. The minimum Gasteiger partial charge on any atom is -0.394 e. The van der Waals surface area contributed by atoms with Gasteiger partial charge in [0, 0.05) is 0 Å². The van der Waals surface area contributed by atoms with E-state index in [4.69, 9.17) is 0 Å². The zero-order chi connectivity index (χ0) is 12.7. The molecule has 16 heavy (non-hydrogen) atoms. The molecule has 0 amide bonds. The molecule has 0 aromatic heterocycles. The first-order valence-corrected chi connectivity index (χ1v) is 5.07. The first-order valence-electron chi connectivity index (χ1n) is 3.66. The second-order valence-electron chi connectivity index (χ2n) is 2.62. The van der Waals surface area contributed by atoms with Crippen molar-refractivity contribution in [3.8, 4) is 0 Å². The molecule has 4 nitrogen and oxygen atoms in total. The number of benzene rings is 1. The van der Waals surface area contributed by atoms with E-state index in [1.54, 1.807) is 0 Å². The number of hydrogen-bond acceptors (Lipinski definition) is 4. The molecule has 0 aliphatic rings. The van der Waals surface area contributed by atoms with Crippen molar-refractivity contribution < 1.29 is 30.2 Å². The van der Waals surface area contributed by atoms with Crippen LogP contribution in [0.5, 0.6) is 0 Å². The van der Waals surface area contributed by atoms with E-state index in [1.165, 1.54) is 0 Å². The average Bonchev–Trinajstić information content (AvgIpc) is 2.23. The Kier molecular flexibility index (Phi) is 3.10. The average molecular weight is 259 g/mol. The van der Waals surface area contributed by atoms with Gasteiger partial charge >= 0.3 is 10.1 Å². The third kappa shape index (κ3) is 1.71. The van der Waals surface area contributed by atoms with E-state index in [1.807, 2.05) is 0 Å². The number of nitrogens with two attached hydrogens (primary N) is 1. The van der Waals surface area contributed by atoms with Gasteiger partial charge in [0.25, 0.3) is 0 Å². The maximum absolute atomic E-state index is 13.1. The standard InChI is InChI=1S/C7H5F4NO3S/c1-15-16(13,14)7-4(10)2(8)6(12)3(9)5(7)11/h12H2,1H3. The van der Waals surface area contributed by atoms with Crippen LogP contribution in [0, 0.1) is 23.3 Å². The Labute approximate surface area is 87.7 Å². The van der Waals surface area contributed by atoms with E-state index >= 15 is 0 Å². The summed E-state index contributed by atoms with van der Waals surface area (Å²) >= 11 is 0. The monoisotopic (exact) mass is 259 g/mol. The van der Waals surface area contributed by atoms with Gasteiger partial charge in [-0.1, -0.05) is 0 Å². The lowest BCUT2D eigenvalue weighted by molar-refractivity contribution is 0.372. The topological polar surface area (TPSA) is 69.4 Å². The van der Waals surface area contributed by atoms with E-state index in [0.717, 1.165) is 0 Å². The lowest BCUT2D eigenvalue weighted by atomic mass is 10.2. The van der Waals surface area contributed by atoms with Gasteiger partial charge in [-0.3, -0.25) is 4.18 Å². The summed E-state index contributed by atoms with van der Waals surface area (Å²) in [4.78, 5) is -1.85. The van der Waals surface area contributed by atoms with Crippen LogP contribution in [0.4, 0.5) is 23.2 Å². The smallest absolute Gasteiger partial charge is 0.302 e. The van der Waals surface area contributed by atoms with Crippen molar-refractivity contribution in [3.63, 3.8) is 0 Å². The van der Waals surface area contributed by atoms with Crippen LogP contribution in [-0.2, 0) is 14.3 Å².